The van der Waals surface area contributed by atoms with Gasteiger partial charge in [0.25, 0.3) is 0 Å². The third-order valence-corrected chi connectivity index (χ3v) is 2.42. The maximum atomic E-state index is 11.8. The number of amides is 2. The second kappa shape index (κ2) is 6.32. The van der Waals surface area contributed by atoms with Crippen LogP contribution in [0, 0.1) is 0 Å². The molecule has 0 aromatic heterocycles. The molecular weight excluding hydrogens is 210 g/mol. The van der Waals surface area contributed by atoms with E-state index < -0.39 is 6.09 Å². The van der Waals surface area contributed by atoms with Crippen molar-refractivity contribution < 1.29 is 14.3 Å². The van der Waals surface area contributed by atoms with Crippen molar-refractivity contribution in [1.29, 1.82) is 0 Å². The molecule has 6 nitrogen and oxygen atoms in total. The van der Waals surface area contributed by atoms with Crippen LogP contribution in [-0.2, 0) is 9.53 Å². The Morgan fingerprint density at radius 2 is 2.00 bits per heavy atom. The molecule has 0 aliphatic carbocycles. The van der Waals surface area contributed by atoms with Gasteiger partial charge in [-0.1, -0.05) is 0 Å². The molecule has 16 heavy (non-hydrogen) atoms. The molecule has 0 spiro atoms. The van der Waals surface area contributed by atoms with E-state index in [0.29, 0.717) is 19.7 Å². The molecular formula is C10H19N3O3. The van der Waals surface area contributed by atoms with Gasteiger partial charge in [0.05, 0.1) is 6.61 Å². The van der Waals surface area contributed by atoms with Crippen LogP contribution < -0.4 is 5.32 Å². The first-order valence-corrected chi connectivity index (χ1v) is 5.51. The summed E-state index contributed by atoms with van der Waals surface area (Å²) < 4.78 is 4.80. The fraction of sp³-hybridized carbons (Fsp3) is 0.800. The maximum Gasteiger partial charge on any atom is 0.409 e. The van der Waals surface area contributed by atoms with Gasteiger partial charge >= 0.3 is 6.09 Å². The molecule has 0 saturated carbocycles. The number of likely N-dealkylation sites (N-methyl/N-ethyl adjacent to an activating group) is 1. The molecule has 0 bridgehead atoms. The van der Waals surface area contributed by atoms with E-state index in [1.807, 2.05) is 0 Å². The first-order chi connectivity index (χ1) is 7.65. The number of carbonyl (C=O) groups is 2. The third kappa shape index (κ3) is 3.69. The molecule has 1 rings (SSSR count). The van der Waals surface area contributed by atoms with Crippen molar-refractivity contribution in [3.05, 3.63) is 0 Å². The lowest BCUT2D eigenvalue weighted by Crippen LogP contribution is -2.49. The number of nitrogens with one attached hydrogen (secondary N) is 1. The topological polar surface area (TPSA) is 61.9 Å². The standard InChI is InChI=1S/C10H19N3O3/c1-3-16-10(15)12(2)8-9(14)13-6-4-11-5-7-13/h11H,3-8H2,1-2H3. The summed E-state index contributed by atoms with van der Waals surface area (Å²) in [5, 5.41) is 3.17. The van der Waals surface area contributed by atoms with Gasteiger partial charge in [-0.3, -0.25) is 4.79 Å². The fourth-order valence-electron chi connectivity index (χ4n) is 1.52. The lowest BCUT2D eigenvalue weighted by Gasteiger charge is -2.29. The second-order valence-corrected chi connectivity index (χ2v) is 3.69. The Hall–Kier alpha value is -1.30. The lowest BCUT2D eigenvalue weighted by molar-refractivity contribution is -0.132. The van der Waals surface area contributed by atoms with Crippen molar-refractivity contribution in [2.45, 2.75) is 6.92 Å². The van der Waals surface area contributed by atoms with E-state index in [1.54, 1.807) is 18.9 Å². The van der Waals surface area contributed by atoms with Gasteiger partial charge in [0.2, 0.25) is 5.91 Å². The monoisotopic (exact) mass is 229 g/mol. The highest BCUT2D eigenvalue weighted by Crippen LogP contribution is 1.97. The summed E-state index contributed by atoms with van der Waals surface area (Å²) in [6.45, 7) is 5.18. The van der Waals surface area contributed by atoms with E-state index in [2.05, 4.69) is 5.32 Å². The smallest absolute Gasteiger partial charge is 0.409 e. The number of ether oxygens (including phenoxy) is 1. The van der Waals surface area contributed by atoms with Gasteiger partial charge in [0.1, 0.15) is 6.54 Å². The van der Waals surface area contributed by atoms with Crippen molar-refractivity contribution in [2.24, 2.45) is 0 Å². The predicted octanol–water partition coefficient (Wildman–Crippen LogP) is -0.493. The molecule has 1 N–H and O–H groups in total. The Kier molecular flexibility index (Phi) is 5.04. The summed E-state index contributed by atoms with van der Waals surface area (Å²) in [7, 11) is 1.57. The average Bonchev–Trinajstić information content (AvgIpc) is 2.30. The zero-order valence-corrected chi connectivity index (χ0v) is 9.86. The van der Waals surface area contributed by atoms with Crippen LogP contribution in [0.3, 0.4) is 0 Å². The van der Waals surface area contributed by atoms with Crippen molar-refractivity contribution in [3.63, 3.8) is 0 Å². The molecule has 92 valence electrons. The van der Waals surface area contributed by atoms with E-state index >= 15 is 0 Å². The van der Waals surface area contributed by atoms with Gasteiger partial charge in [0, 0.05) is 33.2 Å². The Labute approximate surface area is 95.5 Å². The first-order valence-electron chi connectivity index (χ1n) is 5.51. The Bertz CT molecular complexity index is 252. The zero-order chi connectivity index (χ0) is 12.0. The van der Waals surface area contributed by atoms with Gasteiger partial charge < -0.3 is 19.9 Å². The van der Waals surface area contributed by atoms with Gasteiger partial charge in [-0.05, 0) is 6.92 Å². The van der Waals surface area contributed by atoms with E-state index in [1.165, 1.54) is 4.90 Å². The molecule has 1 saturated heterocycles. The minimum Gasteiger partial charge on any atom is -0.450 e. The SMILES string of the molecule is CCOC(=O)N(C)CC(=O)N1CCNCC1. The largest absolute Gasteiger partial charge is 0.450 e. The number of piperazine rings is 1. The Morgan fingerprint density at radius 3 is 2.56 bits per heavy atom. The average molecular weight is 229 g/mol. The lowest BCUT2D eigenvalue weighted by atomic mass is 10.3. The van der Waals surface area contributed by atoms with Crippen molar-refractivity contribution in [3.8, 4) is 0 Å². The molecule has 0 aromatic rings. The zero-order valence-electron chi connectivity index (χ0n) is 9.86. The van der Waals surface area contributed by atoms with Crippen LogP contribution in [0.25, 0.3) is 0 Å². The summed E-state index contributed by atoms with van der Waals surface area (Å²) in [5.74, 6) is -0.0305. The highest BCUT2D eigenvalue weighted by atomic mass is 16.6. The third-order valence-electron chi connectivity index (χ3n) is 2.42. The molecule has 1 fully saturated rings. The van der Waals surface area contributed by atoms with E-state index in [-0.39, 0.29) is 12.5 Å². The summed E-state index contributed by atoms with van der Waals surface area (Å²) in [6, 6.07) is 0. The van der Waals surface area contributed by atoms with Crippen LogP contribution in [0.2, 0.25) is 0 Å². The van der Waals surface area contributed by atoms with Crippen molar-refractivity contribution >= 4 is 12.0 Å². The fourth-order valence-corrected chi connectivity index (χ4v) is 1.52. The van der Waals surface area contributed by atoms with Gasteiger partial charge in [-0.25, -0.2) is 4.79 Å². The number of rotatable bonds is 3. The minimum atomic E-state index is -0.453. The molecule has 0 atom stereocenters. The number of hydrogen-bond acceptors (Lipinski definition) is 4. The normalized spacial score (nSPS) is 15.8. The second-order valence-electron chi connectivity index (χ2n) is 3.69. The summed E-state index contributed by atoms with van der Waals surface area (Å²) >= 11 is 0. The van der Waals surface area contributed by atoms with E-state index in [9.17, 15) is 9.59 Å². The highest BCUT2D eigenvalue weighted by Gasteiger charge is 2.20. The van der Waals surface area contributed by atoms with Crippen molar-refractivity contribution in [1.82, 2.24) is 15.1 Å². The maximum absolute atomic E-state index is 11.8. The minimum absolute atomic E-state index is 0.0305. The quantitative estimate of drug-likeness (QED) is 0.709. The summed E-state index contributed by atoms with van der Waals surface area (Å²) in [5.41, 5.74) is 0. The highest BCUT2D eigenvalue weighted by molar-refractivity contribution is 5.82. The molecule has 2 amide bonds. The predicted molar refractivity (Wildman–Crippen MR) is 59.1 cm³/mol. The van der Waals surface area contributed by atoms with Gasteiger partial charge in [0.15, 0.2) is 0 Å². The molecule has 0 radical (unpaired) electrons. The van der Waals surface area contributed by atoms with Crippen LogP contribution in [-0.4, -0.2) is 68.2 Å². The Balaban J connectivity index is 2.34. The number of hydrogen-bond donors (Lipinski definition) is 1. The first kappa shape index (κ1) is 12.8. The number of nitrogens with zero attached hydrogens (tertiary/aromatic N) is 2. The Morgan fingerprint density at radius 1 is 1.38 bits per heavy atom. The number of carbonyl (C=O) groups excluding carboxylic acids is 2. The van der Waals surface area contributed by atoms with E-state index in [0.717, 1.165) is 13.1 Å². The van der Waals surface area contributed by atoms with Gasteiger partial charge in [-0.2, -0.15) is 0 Å². The van der Waals surface area contributed by atoms with Crippen LogP contribution in [0.15, 0.2) is 0 Å². The van der Waals surface area contributed by atoms with Gasteiger partial charge in [-0.15, -0.1) is 0 Å². The molecule has 6 heteroatoms. The van der Waals surface area contributed by atoms with Crippen LogP contribution >= 0.6 is 0 Å². The van der Waals surface area contributed by atoms with Crippen LogP contribution in [0.4, 0.5) is 4.79 Å². The molecule has 1 aliphatic heterocycles. The molecule has 1 aliphatic rings. The molecule has 0 unspecified atom stereocenters. The summed E-state index contributed by atoms with van der Waals surface area (Å²) in [4.78, 5) is 26.1. The molecule has 1 heterocycles. The van der Waals surface area contributed by atoms with Crippen LogP contribution in [0.5, 0.6) is 0 Å². The van der Waals surface area contributed by atoms with Crippen molar-refractivity contribution in [2.75, 3.05) is 46.4 Å². The molecule has 0 aromatic carbocycles. The van der Waals surface area contributed by atoms with Crippen LogP contribution in [0.1, 0.15) is 6.92 Å². The summed E-state index contributed by atoms with van der Waals surface area (Å²) in [6.07, 6.45) is -0.453. The van der Waals surface area contributed by atoms with E-state index in [4.69, 9.17) is 4.74 Å².